The van der Waals surface area contributed by atoms with Gasteiger partial charge in [0, 0.05) is 0 Å². The van der Waals surface area contributed by atoms with Crippen LogP contribution in [0.15, 0.2) is 0 Å². The molecule has 0 aromatic carbocycles. The van der Waals surface area contributed by atoms with Crippen LogP contribution in [-0.4, -0.2) is 13.1 Å². The van der Waals surface area contributed by atoms with Crippen molar-refractivity contribution in [2.45, 2.75) is 312 Å². The second-order valence-electron chi connectivity index (χ2n) is 22.1. The zero-order valence-corrected chi connectivity index (χ0v) is 40.0. The highest BCUT2D eigenvalue weighted by Gasteiger charge is 2.29. The maximum atomic E-state index is 12.0. The van der Waals surface area contributed by atoms with Crippen molar-refractivity contribution in [3.63, 3.8) is 0 Å². The average molecular weight is 763 g/mol. The highest BCUT2D eigenvalue weighted by molar-refractivity contribution is 6.72. The maximum absolute atomic E-state index is 12.0. The van der Waals surface area contributed by atoms with Crippen LogP contribution in [0.25, 0.3) is 0 Å². The molecule has 0 fully saturated rings. The molecule has 0 aromatic heterocycles. The summed E-state index contributed by atoms with van der Waals surface area (Å²) in [6.07, 6.45) is 50.6. The lowest BCUT2D eigenvalue weighted by atomic mass is 9.89. The fourth-order valence-electron chi connectivity index (χ4n) is 8.48. The van der Waals surface area contributed by atoms with Crippen molar-refractivity contribution in [3.8, 4) is 0 Å². The molecule has 0 bridgehead atoms. The van der Waals surface area contributed by atoms with E-state index in [1.54, 1.807) is 0 Å². The van der Waals surface area contributed by atoms with Crippen LogP contribution >= 0.6 is 0 Å². The van der Waals surface area contributed by atoms with E-state index in [0.717, 1.165) is 0 Å². The first-order chi connectivity index (χ1) is 25.1. The average Bonchev–Trinajstić information content (AvgIpc) is 3.06. The molecule has 0 radical (unpaired) electrons. The summed E-state index contributed by atoms with van der Waals surface area (Å²) in [6.45, 7) is 21.4. The van der Waals surface area contributed by atoms with Crippen molar-refractivity contribution < 1.29 is 4.80 Å². The van der Waals surface area contributed by atoms with E-state index in [1.165, 1.54) is 249 Å². The van der Waals surface area contributed by atoms with Gasteiger partial charge in [-0.2, -0.15) is 0 Å². The third-order valence-corrected chi connectivity index (χ3v) is 16.1. The number of hydrogen-bond acceptors (Lipinski definition) is 1. The van der Waals surface area contributed by atoms with Gasteiger partial charge in [-0.1, -0.05) is 274 Å². The molecular weight excluding hydrogens is 657 g/mol. The van der Waals surface area contributed by atoms with E-state index in [9.17, 15) is 4.80 Å². The first-order valence-electron chi connectivity index (χ1n) is 24.8. The predicted octanol–water partition coefficient (Wildman–Crippen LogP) is 19.1. The predicted molar refractivity (Wildman–Crippen MR) is 247 cm³/mol. The summed E-state index contributed by atoms with van der Waals surface area (Å²) < 4.78 is 0. The minimum atomic E-state index is -2.08. The Morgan fingerprint density at radius 3 is 0.509 bits per heavy atom. The maximum Gasteiger partial charge on any atom is 0.188 e. The molecule has 320 valence electrons. The van der Waals surface area contributed by atoms with E-state index in [-0.39, 0.29) is 0 Å². The second kappa shape index (κ2) is 34.2. The topological polar surface area (TPSA) is 20.2 Å². The quantitative estimate of drug-likeness (QED) is 0.0488. The standard InChI is InChI=1S/C51H106OSi/c1-49(2,3)43-37-31-25-19-13-10-16-22-28-34-40-46-53(52,47-41-35-29-23-17-11-14-20-26-32-38-44-50(4,5)6)48-42-36-30-24-18-12-15-21-27-33-39-45-51(7,8)9/h52H,10-48H2,1-9H3. The Morgan fingerprint density at radius 1 is 0.226 bits per heavy atom. The molecule has 1 nitrogen and oxygen atoms in total. The van der Waals surface area contributed by atoms with Gasteiger partial charge in [0.15, 0.2) is 8.32 Å². The van der Waals surface area contributed by atoms with Gasteiger partial charge in [0.1, 0.15) is 0 Å². The van der Waals surface area contributed by atoms with Crippen LogP contribution in [0.1, 0.15) is 293 Å². The van der Waals surface area contributed by atoms with Crippen molar-refractivity contribution in [2.24, 2.45) is 16.2 Å². The molecule has 0 atom stereocenters. The molecule has 0 saturated heterocycles. The number of rotatable bonds is 39. The van der Waals surface area contributed by atoms with Crippen LogP contribution < -0.4 is 0 Å². The normalized spacial score (nSPS) is 13.0. The van der Waals surface area contributed by atoms with E-state index in [2.05, 4.69) is 62.3 Å². The van der Waals surface area contributed by atoms with Crippen molar-refractivity contribution in [1.29, 1.82) is 0 Å². The minimum Gasteiger partial charge on any atom is -0.432 e. The van der Waals surface area contributed by atoms with Gasteiger partial charge in [0.05, 0.1) is 0 Å². The third-order valence-electron chi connectivity index (χ3n) is 12.2. The third kappa shape index (κ3) is 44.8. The van der Waals surface area contributed by atoms with Gasteiger partial charge in [0.25, 0.3) is 0 Å². The van der Waals surface area contributed by atoms with Crippen LogP contribution in [0.4, 0.5) is 0 Å². The fraction of sp³-hybridized carbons (Fsp3) is 1.00. The van der Waals surface area contributed by atoms with Gasteiger partial charge in [-0.3, -0.25) is 0 Å². The van der Waals surface area contributed by atoms with E-state index in [1.807, 2.05) is 0 Å². The Hall–Kier alpha value is 0.177. The van der Waals surface area contributed by atoms with Gasteiger partial charge < -0.3 is 4.80 Å². The summed E-state index contributed by atoms with van der Waals surface area (Å²) in [6, 6.07) is 3.56. The number of unbranched alkanes of at least 4 members (excludes halogenated alkanes) is 30. The van der Waals surface area contributed by atoms with Crippen molar-refractivity contribution in [2.75, 3.05) is 0 Å². The lowest BCUT2D eigenvalue weighted by molar-refractivity contribution is 0.356. The molecule has 1 N–H and O–H groups in total. The summed E-state index contributed by atoms with van der Waals surface area (Å²) in [7, 11) is -2.08. The Balaban J connectivity index is 4.16. The number of hydrogen-bond donors (Lipinski definition) is 1. The highest BCUT2D eigenvalue weighted by atomic mass is 28.4. The van der Waals surface area contributed by atoms with Crippen LogP contribution in [0.3, 0.4) is 0 Å². The molecule has 0 heterocycles. The Morgan fingerprint density at radius 2 is 0.358 bits per heavy atom. The highest BCUT2D eigenvalue weighted by Crippen LogP contribution is 2.29. The van der Waals surface area contributed by atoms with Gasteiger partial charge in [-0.25, -0.2) is 0 Å². The van der Waals surface area contributed by atoms with Crippen molar-refractivity contribution >= 4 is 8.32 Å². The summed E-state index contributed by atoms with van der Waals surface area (Å²) in [4.78, 5) is 12.0. The molecule has 0 saturated carbocycles. The van der Waals surface area contributed by atoms with Gasteiger partial charge in [0.2, 0.25) is 0 Å². The zero-order chi connectivity index (χ0) is 39.6. The minimum absolute atomic E-state index is 0.508. The molecule has 0 spiro atoms. The fourth-order valence-corrected chi connectivity index (χ4v) is 12.0. The Labute approximate surface area is 339 Å². The molecule has 0 aliphatic heterocycles. The molecular formula is C51H106OSi. The molecule has 0 aromatic rings. The van der Waals surface area contributed by atoms with E-state index >= 15 is 0 Å². The van der Waals surface area contributed by atoms with E-state index in [4.69, 9.17) is 0 Å². The Bertz CT molecular complexity index is 639. The summed E-state index contributed by atoms with van der Waals surface area (Å²) >= 11 is 0. The SMILES string of the molecule is CC(C)(C)CCCCCCCCCCCCC[Si](O)(CCCCCCCCCCCCCC(C)(C)C)CCCCCCCCCCCCCC(C)(C)C. The largest absolute Gasteiger partial charge is 0.432 e. The smallest absolute Gasteiger partial charge is 0.188 e. The van der Waals surface area contributed by atoms with Gasteiger partial charge >= 0.3 is 0 Å². The summed E-state index contributed by atoms with van der Waals surface area (Å²) in [5.74, 6) is 0. The molecule has 0 aliphatic carbocycles. The van der Waals surface area contributed by atoms with Crippen LogP contribution in [0.2, 0.25) is 18.1 Å². The van der Waals surface area contributed by atoms with Gasteiger partial charge in [-0.15, -0.1) is 0 Å². The van der Waals surface area contributed by atoms with E-state index < -0.39 is 8.32 Å². The Kier molecular flexibility index (Phi) is 34.4. The monoisotopic (exact) mass is 763 g/mol. The zero-order valence-electron chi connectivity index (χ0n) is 39.0. The van der Waals surface area contributed by atoms with Crippen LogP contribution in [0, 0.1) is 16.2 Å². The summed E-state index contributed by atoms with van der Waals surface area (Å²) in [5, 5.41) is 0. The van der Waals surface area contributed by atoms with Crippen molar-refractivity contribution in [1.82, 2.24) is 0 Å². The molecule has 0 rings (SSSR count). The first-order valence-corrected chi connectivity index (χ1v) is 27.4. The van der Waals surface area contributed by atoms with E-state index in [0.29, 0.717) is 16.2 Å². The summed E-state index contributed by atoms with van der Waals surface area (Å²) in [5.41, 5.74) is 1.52. The molecule has 2 heteroatoms. The molecule has 53 heavy (non-hydrogen) atoms. The first kappa shape index (κ1) is 53.2. The lowest BCUT2D eigenvalue weighted by Crippen LogP contribution is -2.34. The van der Waals surface area contributed by atoms with Crippen LogP contribution in [-0.2, 0) is 0 Å². The molecule has 0 amide bonds. The van der Waals surface area contributed by atoms with Crippen molar-refractivity contribution in [3.05, 3.63) is 0 Å². The second-order valence-corrected chi connectivity index (χ2v) is 26.0. The lowest BCUT2D eigenvalue weighted by Gasteiger charge is -2.25. The van der Waals surface area contributed by atoms with Crippen LogP contribution in [0.5, 0.6) is 0 Å². The molecule has 0 unspecified atom stereocenters. The van der Waals surface area contributed by atoms with Gasteiger partial charge in [-0.05, 0) is 53.6 Å². The molecule has 0 aliphatic rings.